The summed E-state index contributed by atoms with van der Waals surface area (Å²) in [6.07, 6.45) is 0. The Morgan fingerprint density at radius 2 is 1.11 bits per heavy atom. The highest BCUT2D eigenvalue weighted by Crippen LogP contribution is 1.97. The largest absolute Gasteiger partial charge is 0.372 e. The van der Waals surface area contributed by atoms with Gasteiger partial charge in [-0.15, -0.1) is 24.8 Å². The third-order valence-corrected chi connectivity index (χ3v) is 2.49. The van der Waals surface area contributed by atoms with Crippen LogP contribution in [0.4, 0.5) is 0 Å². The fraction of sp³-hybridized carbons (Fsp3) is 0.833. The predicted molar refractivity (Wildman–Crippen MR) is 89.8 cm³/mol. The van der Waals surface area contributed by atoms with Crippen molar-refractivity contribution >= 4 is 36.5 Å². The van der Waals surface area contributed by atoms with Crippen LogP contribution >= 0.6 is 24.8 Å². The molecular weight excluding hydrogens is 285 g/mol. The van der Waals surface area contributed by atoms with E-state index in [1.165, 1.54) is 11.7 Å². The van der Waals surface area contributed by atoms with E-state index in [0.717, 1.165) is 26.2 Å². The van der Waals surface area contributed by atoms with E-state index in [9.17, 15) is 0 Å². The van der Waals surface area contributed by atoms with Gasteiger partial charge in [-0.25, -0.2) is 0 Å². The summed E-state index contributed by atoms with van der Waals surface area (Å²) in [6, 6.07) is 0. The van der Waals surface area contributed by atoms with Gasteiger partial charge in [0, 0.05) is 24.9 Å². The molecule has 2 aliphatic rings. The van der Waals surface area contributed by atoms with E-state index in [4.69, 9.17) is 0 Å². The Morgan fingerprint density at radius 3 is 1.21 bits per heavy atom. The topological polar surface area (TPSA) is 83.8 Å². The molecule has 0 spiro atoms. The molecule has 0 amide bonds. The minimum Gasteiger partial charge on any atom is -0.372 e. The SMILES string of the molecule is CC(C)C1=NCCN1.CC(C)C1=NCCN1.Cl.Cl.N. The minimum atomic E-state index is 0. The minimum absolute atomic E-state index is 0. The molecule has 0 unspecified atom stereocenters. The molecule has 0 bridgehead atoms. The number of nitrogens with one attached hydrogen (secondary N) is 2. The Bertz CT molecular complexity index is 249. The van der Waals surface area contributed by atoms with Gasteiger partial charge < -0.3 is 16.8 Å². The summed E-state index contributed by atoms with van der Waals surface area (Å²) in [4.78, 5) is 8.48. The zero-order valence-electron chi connectivity index (χ0n) is 12.4. The third-order valence-electron chi connectivity index (χ3n) is 2.49. The highest BCUT2D eigenvalue weighted by molar-refractivity contribution is 5.86. The van der Waals surface area contributed by atoms with E-state index in [-0.39, 0.29) is 31.0 Å². The van der Waals surface area contributed by atoms with Crippen LogP contribution in [0.15, 0.2) is 9.98 Å². The first-order chi connectivity index (χ1) is 7.61. The van der Waals surface area contributed by atoms with Crippen molar-refractivity contribution in [1.82, 2.24) is 16.8 Å². The summed E-state index contributed by atoms with van der Waals surface area (Å²) in [5.74, 6) is 3.50. The monoisotopic (exact) mass is 313 g/mol. The van der Waals surface area contributed by atoms with E-state index in [2.05, 4.69) is 48.3 Å². The Kier molecular flexibility index (Phi) is 15.5. The number of hydrogen-bond donors (Lipinski definition) is 3. The second-order valence-corrected chi connectivity index (χ2v) is 4.70. The summed E-state index contributed by atoms with van der Waals surface area (Å²) < 4.78 is 0. The van der Waals surface area contributed by atoms with Gasteiger partial charge in [-0.2, -0.15) is 0 Å². The van der Waals surface area contributed by atoms with Crippen LogP contribution in [-0.4, -0.2) is 37.9 Å². The molecule has 0 atom stereocenters. The summed E-state index contributed by atoms with van der Waals surface area (Å²) in [5.41, 5.74) is 0. The molecule has 0 aromatic carbocycles. The Labute approximate surface area is 129 Å². The molecule has 0 aliphatic carbocycles. The molecule has 0 fully saturated rings. The van der Waals surface area contributed by atoms with Crippen molar-refractivity contribution < 1.29 is 0 Å². The molecule has 2 rings (SSSR count). The lowest BCUT2D eigenvalue weighted by Crippen LogP contribution is -2.23. The lowest BCUT2D eigenvalue weighted by atomic mass is 10.2. The number of nitrogens with zero attached hydrogens (tertiary/aromatic N) is 2. The second-order valence-electron chi connectivity index (χ2n) is 4.70. The van der Waals surface area contributed by atoms with E-state index in [1.54, 1.807) is 0 Å². The zero-order valence-corrected chi connectivity index (χ0v) is 14.0. The van der Waals surface area contributed by atoms with Gasteiger partial charge in [-0.3, -0.25) is 9.98 Å². The molecule has 5 nitrogen and oxygen atoms in total. The van der Waals surface area contributed by atoms with Crippen LogP contribution in [0.1, 0.15) is 27.7 Å². The molecule has 7 heteroatoms. The lowest BCUT2D eigenvalue weighted by molar-refractivity contribution is 0.838. The van der Waals surface area contributed by atoms with E-state index >= 15 is 0 Å². The second kappa shape index (κ2) is 12.5. The van der Waals surface area contributed by atoms with Gasteiger partial charge in [-0.1, -0.05) is 27.7 Å². The number of aliphatic imine (C=N–C) groups is 2. The number of amidine groups is 2. The smallest absolute Gasteiger partial charge is 0.0990 e. The van der Waals surface area contributed by atoms with Crippen LogP contribution < -0.4 is 16.8 Å². The molecule has 2 heterocycles. The first-order valence-corrected chi connectivity index (χ1v) is 6.17. The molecule has 2 aliphatic heterocycles. The Balaban J connectivity index is -0.000000233. The first kappa shape index (κ1) is 23.6. The molecule has 5 N–H and O–H groups in total. The molecular formula is C12H29Cl2N5. The van der Waals surface area contributed by atoms with Crippen molar-refractivity contribution in [3.8, 4) is 0 Å². The van der Waals surface area contributed by atoms with Crippen LogP contribution in [-0.2, 0) is 0 Å². The van der Waals surface area contributed by atoms with Crippen molar-refractivity contribution in [2.24, 2.45) is 21.8 Å². The number of halogens is 2. The average molecular weight is 314 g/mol. The van der Waals surface area contributed by atoms with Crippen LogP contribution in [0.5, 0.6) is 0 Å². The van der Waals surface area contributed by atoms with Gasteiger partial charge in [0.1, 0.15) is 0 Å². The van der Waals surface area contributed by atoms with E-state index < -0.39 is 0 Å². The standard InChI is InChI=1S/2C6H12N2.2ClH.H3N/c2*1-5(2)6-7-3-4-8-6;;;/h2*5H,3-4H2,1-2H3,(H,7,8);2*1H;1H3. The van der Waals surface area contributed by atoms with Crippen LogP contribution in [0, 0.1) is 11.8 Å². The Hall–Kier alpha value is -0.520. The molecule has 0 radical (unpaired) electrons. The molecule has 0 saturated heterocycles. The quantitative estimate of drug-likeness (QED) is 0.731. The van der Waals surface area contributed by atoms with Gasteiger partial charge in [0.05, 0.1) is 24.8 Å². The lowest BCUT2D eigenvalue weighted by Gasteiger charge is -2.02. The van der Waals surface area contributed by atoms with Crippen molar-refractivity contribution in [3.63, 3.8) is 0 Å². The molecule has 0 aromatic heterocycles. The highest BCUT2D eigenvalue weighted by atomic mass is 35.5. The number of hydrogen-bond acceptors (Lipinski definition) is 5. The van der Waals surface area contributed by atoms with Crippen molar-refractivity contribution in [2.45, 2.75) is 27.7 Å². The maximum absolute atomic E-state index is 4.24. The van der Waals surface area contributed by atoms with Gasteiger partial charge in [0.25, 0.3) is 0 Å². The van der Waals surface area contributed by atoms with Crippen molar-refractivity contribution in [2.75, 3.05) is 26.2 Å². The van der Waals surface area contributed by atoms with Gasteiger partial charge in [-0.05, 0) is 0 Å². The van der Waals surface area contributed by atoms with Crippen LogP contribution in [0.25, 0.3) is 0 Å². The molecule has 116 valence electrons. The third kappa shape index (κ3) is 9.08. The maximum atomic E-state index is 4.24. The van der Waals surface area contributed by atoms with Crippen LogP contribution in [0.2, 0.25) is 0 Å². The van der Waals surface area contributed by atoms with Gasteiger partial charge in [0.15, 0.2) is 0 Å². The zero-order chi connectivity index (χ0) is 12.0. The highest BCUT2D eigenvalue weighted by Gasteiger charge is 2.07. The number of rotatable bonds is 2. The van der Waals surface area contributed by atoms with Crippen molar-refractivity contribution in [1.29, 1.82) is 0 Å². The summed E-state index contributed by atoms with van der Waals surface area (Å²) in [6.45, 7) is 12.6. The predicted octanol–water partition coefficient (Wildman–Crippen LogP) is 2.29. The maximum Gasteiger partial charge on any atom is 0.0990 e. The van der Waals surface area contributed by atoms with E-state index in [1.807, 2.05) is 0 Å². The average Bonchev–Trinajstić information content (AvgIpc) is 2.93. The molecule has 19 heavy (non-hydrogen) atoms. The van der Waals surface area contributed by atoms with Gasteiger partial charge >= 0.3 is 0 Å². The van der Waals surface area contributed by atoms with Crippen LogP contribution in [0.3, 0.4) is 0 Å². The summed E-state index contributed by atoms with van der Waals surface area (Å²) in [7, 11) is 0. The van der Waals surface area contributed by atoms with Gasteiger partial charge in [0.2, 0.25) is 0 Å². The van der Waals surface area contributed by atoms with E-state index in [0.29, 0.717) is 11.8 Å². The normalized spacial score (nSPS) is 15.7. The first-order valence-electron chi connectivity index (χ1n) is 6.17. The summed E-state index contributed by atoms with van der Waals surface area (Å²) in [5, 5.41) is 6.41. The fourth-order valence-electron chi connectivity index (χ4n) is 1.61. The molecule has 0 aromatic rings. The molecule has 0 saturated carbocycles. The Morgan fingerprint density at radius 1 is 0.789 bits per heavy atom. The van der Waals surface area contributed by atoms with Crippen molar-refractivity contribution in [3.05, 3.63) is 0 Å². The fourth-order valence-corrected chi connectivity index (χ4v) is 1.61. The summed E-state index contributed by atoms with van der Waals surface area (Å²) >= 11 is 0.